The van der Waals surface area contributed by atoms with Crippen molar-refractivity contribution >= 4 is 17.0 Å². The topological polar surface area (TPSA) is 21.1 Å². The number of imidazole rings is 1. The smallest absolute Gasteiger partial charge is 0.206 e. The van der Waals surface area contributed by atoms with Gasteiger partial charge in [0.05, 0.1) is 11.0 Å². The minimum atomic E-state index is 0.724. The second-order valence-corrected chi connectivity index (χ2v) is 6.25. The lowest BCUT2D eigenvalue weighted by atomic mass is 9.99. The van der Waals surface area contributed by atoms with Crippen LogP contribution in [-0.4, -0.2) is 22.6 Å². The van der Waals surface area contributed by atoms with Crippen molar-refractivity contribution in [2.75, 3.05) is 18.0 Å². The van der Waals surface area contributed by atoms with E-state index >= 15 is 0 Å². The first kappa shape index (κ1) is 13.4. The molecule has 1 aromatic heterocycles. The lowest BCUT2D eigenvalue weighted by Gasteiger charge is -2.17. The summed E-state index contributed by atoms with van der Waals surface area (Å²) in [4.78, 5) is 7.26. The maximum atomic E-state index is 4.82. The van der Waals surface area contributed by atoms with Gasteiger partial charge in [-0.15, -0.1) is 0 Å². The van der Waals surface area contributed by atoms with Crippen molar-refractivity contribution in [3.05, 3.63) is 60.2 Å². The second-order valence-electron chi connectivity index (χ2n) is 6.25. The Bertz CT molecular complexity index is 776. The average molecular weight is 291 g/mol. The number of rotatable bonds is 3. The van der Waals surface area contributed by atoms with Gasteiger partial charge in [-0.3, -0.25) is 0 Å². The van der Waals surface area contributed by atoms with Crippen LogP contribution in [0.5, 0.6) is 0 Å². The summed E-state index contributed by atoms with van der Waals surface area (Å²) in [5.41, 5.74) is 3.75. The minimum absolute atomic E-state index is 0.724. The van der Waals surface area contributed by atoms with E-state index in [1.165, 1.54) is 23.9 Å². The van der Waals surface area contributed by atoms with Crippen molar-refractivity contribution in [3.8, 4) is 0 Å². The molecule has 0 radical (unpaired) electrons. The van der Waals surface area contributed by atoms with E-state index in [0.717, 1.165) is 30.5 Å². The summed E-state index contributed by atoms with van der Waals surface area (Å²) >= 11 is 0. The Morgan fingerprint density at radius 3 is 2.64 bits per heavy atom. The molecule has 3 aromatic rings. The highest BCUT2D eigenvalue weighted by Gasteiger charge is 2.25. The number of hydrogen-bond donors (Lipinski definition) is 0. The van der Waals surface area contributed by atoms with Crippen LogP contribution in [0.2, 0.25) is 0 Å². The SMILES string of the molecule is Cn1c(N2CCC(Cc3ccccc3)C2)nc2ccccc21. The highest BCUT2D eigenvalue weighted by atomic mass is 15.3. The number of nitrogens with zero attached hydrogens (tertiary/aromatic N) is 3. The Labute approximate surface area is 131 Å². The van der Waals surface area contributed by atoms with Crippen molar-refractivity contribution in [1.29, 1.82) is 0 Å². The molecule has 0 amide bonds. The molecule has 1 atom stereocenters. The standard InChI is InChI=1S/C19H21N3/c1-21-18-10-6-5-9-17(18)20-19(21)22-12-11-16(14-22)13-15-7-3-2-4-8-15/h2-10,16H,11-14H2,1H3. The van der Waals surface area contributed by atoms with Crippen molar-refractivity contribution in [1.82, 2.24) is 9.55 Å². The molecule has 0 spiro atoms. The van der Waals surface area contributed by atoms with E-state index in [-0.39, 0.29) is 0 Å². The monoisotopic (exact) mass is 291 g/mol. The van der Waals surface area contributed by atoms with Gasteiger partial charge in [-0.2, -0.15) is 0 Å². The molecule has 22 heavy (non-hydrogen) atoms. The molecule has 0 bridgehead atoms. The van der Waals surface area contributed by atoms with Gasteiger partial charge in [0.2, 0.25) is 5.95 Å². The zero-order valence-electron chi connectivity index (χ0n) is 12.9. The van der Waals surface area contributed by atoms with Crippen LogP contribution in [-0.2, 0) is 13.5 Å². The van der Waals surface area contributed by atoms with E-state index < -0.39 is 0 Å². The average Bonchev–Trinajstić information content (AvgIpc) is 3.14. The lowest BCUT2D eigenvalue weighted by Crippen LogP contribution is -2.23. The van der Waals surface area contributed by atoms with E-state index in [9.17, 15) is 0 Å². The summed E-state index contributed by atoms with van der Waals surface area (Å²) in [5.74, 6) is 1.83. The third-order valence-electron chi connectivity index (χ3n) is 4.70. The Balaban J connectivity index is 1.53. The van der Waals surface area contributed by atoms with Gasteiger partial charge in [-0.1, -0.05) is 42.5 Å². The van der Waals surface area contributed by atoms with Gasteiger partial charge in [0.1, 0.15) is 0 Å². The molecule has 2 heterocycles. The molecule has 1 aliphatic rings. The molecule has 112 valence electrons. The number of anilines is 1. The molecule has 3 nitrogen and oxygen atoms in total. The molecular formula is C19H21N3. The van der Waals surface area contributed by atoms with Crippen LogP contribution < -0.4 is 4.90 Å². The molecule has 0 aliphatic carbocycles. The van der Waals surface area contributed by atoms with Crippen LogP contribution in [0.25, 0.3) is 11.0 Å². The maximum Gasteiger partial charge on any atom is 0.206 e. The predicted molar refractivity (Wildman–Crippen MR) is 91.2 cm³/mol. The quantitative estimate of drug-likeness (QED) is 0.734. The number of fused-ring (bicyclic) bond motifs is 1. The zero-order chi connectivity index (χ0) is 14.9. The third kappa shape index (κ3) is 2.37. The highest BCUT2D eigenvalue weighted by molar-refractivity contribution is 5.78. The van der Waals surface area contributed by atoms with Crippen LogP contribution in [0.15, 0.2) is 54.6 Å². The van der Waals surface area contributed by atoms with Gasteiger partial charge < -0.3 is 9.47 Å². The van der Waals surface area contributed by atoms with Crippen LogP contribution in [0.3, 0.4) is 0 Å². The van der Waals surface area contributed by atoms with Crippen molar-refractivity contribution < 1.29 is 0 Å². The molecule has 4 rings (SSSR count). The van der Waals surface area contributed by atoms with Gasteiger partial charge >= 0.3 is 0 Å². The van der Waals surface area contributed by atoms with Crippen molar-refractivity contribution in [2.24, 2.45) is 13.0 Å². The molecule has 1 unspecified atom stereocenters. The first-order chi connectivity index (χ1) is 10.8. The molecule has 2 aromatic carbocycles. The summed E-state index contributed by atoms with van der Waals surface area (Å²) in [6.45, 7) is 2.21. The first-order valence-corrected chi connectivity index (χ1v) is 8.01. The fourth-order valence-corrected chi connectivity index (χ4v) is 3.54. The molecule has 1 saturated heterocycles. The summed E-state index contributed by atoms with van der Waals surface area (Å²) in [6, 6.07) is 19.2. The van der Waals surface area contributed by atoms with Gasteiger partial charge in [-0.25, -0.2) is 4.98 Å². The fourth-order valence-electron chi connectivity index (χ4n) is 3.54. The van der Waals surface area contributed by atoms with Gasteiger partial charge in [-0.05, 0) is 36.5 Å². The first-order valence-electron chi connectivity index (χ1n) is 8.01. The van der Waals surface area contributed by atoms with Crippen LogP contribution in [0.1, 0.15) is 12.0 Å². The summed E-state index contributed by atoms with van der Waals surface area (Å²) < 4.78 is 2.22. The summed E-state index contributed by atoms with van der Waals surface area (Å²) in [6.07, 6.45) is 2.42. The molecule has 0 N–H and O–H groups in total. The molecule has 3 heteroatoms. The largest absolute Gasteiger partial charge is 0.342 e. The molecule has 1 aliphatic heterocycles. The van der Waals surface area contributed by atoms with E-state index in [4.69, 9.17) is 4.98 Å². The Morgan fingerprint density at radius 1 is 1.05 bits per heavy atom. The predicted octanol–water partition coefficient (Wildman–Crippen LogP) is 3.64. The van der Waals surface area contributed by atoms with Crippen molar-refractivity contribution in [2.45, 2.75) is 12.8 Å². The van der Waals surface area contributed by atoms with Crippen molar-refractivity contribution in [3.63, 3.8) is 0 Å². The fraction of sp³-hybridized carbons (Fsp3) is 0.316. The second kappa shape index (κ2) is 5.48. The number of benzene rings is 2. The van der Waals surface area contributed by atoms with E-state index in [2.05, 4.69) is 71.1 Å². The van der Waals surface area contributed by atoms with Gasteiger partial charge in [0.25, 0.3) is 0 Å². The lowest BCUT2D eigenvalue weighted by molar-refractivity contribution is 0.585. The van der Waals surface area contributed by atoms with E-state index in [1.54, 1.807) is 0 Å². The zero-order valence-corrected chi connectivity index (χ0v) is 12.9. The highest BCUT2D eigenvalue weighted by Crippen LogP contribution is 2.27. The molecular weight excluding hydrogens is 270 g/mol. The minimum Gasteiger partial charge on any atom is -0.342 e. The van der Waals surface area contributed by atoms with Crippen LogP contribution in [0, 0.1) is 5.92 Å². The Morgan fingerprint density at radius 2 is 1.82 bits per heavy atom. The van der Waals surface area contributed by atoms with Gasteiger partial charge in [0.15, 0.2) is 0 Å². The third-order valence-corrected chi connectivity index (χ3v) is 4.70. The Kier molecular flexibility index (Phi) is 3.34. The molecule has 1 fully saturated rings. The molecule has 0 saturated carbocycles. The number of para-hydroxylation sites is 2. The normalized spacial score (nSPS) is 18.2. The summed E-state index contributed by atoms with van der Waals surface area (Å²) in [7, 11) is 2.12. The van der Waals surface area contributed by atoms with Gasteiger partial charge in [0, 0.05) is 20.1 Å². The summed E-state index contributed by atoms with van der Waals surface area (Å²) in [5, 5.41) is 0. The number of aryl methyl sites for hydroxylation is 1. The number of hydrogen-bond acceptors (Lipinski definition) is 2. The van der Waals surface area contributed by atoms with E-state index in [1.807, 2.05) is 0 Å². The van der Waals surface area contributed by atoms with Crippen LogP contribution >= 0.6 is 0 Å². The van der Waals surface area contributed by atoms with E-state index in [0.29, 0.717) is 0 Å². The Hall–Kier alpha value is -2.29. The number of aromatic nitrogens is 2. The van der Waals surface area contributed by atoms with Crippen LogP contribution in [0.4, 0.5) is 5.95 Å². The maximum absolute atomic E-state index is 4.82.